The molecule has 0 N–H and O–H groups in total. The first-order valence-corrected chi connectivity index (χ1v) is 10.6. The fraction of sp³-hybridized carbons (Fsp3) is 0.474. The molecule has 0 radical (unpaired) electrons. The molecule has 1 aromatic carbocycles. The van der Waals surface area contributed by atoms with Crippen molar-refractivity contribution in [2.24, 2.45) is 0 Å². The van der Waals surface area contributed by atoms with Gasteiger partial charge in [-0.05, 0) is 39.3 Å². The van der Waals surface area contributed by atoms with Gasteiger partial charge in [-0.1, -0.05) is 17.7 Å². The molecule has 1 saturated heterocycles. The van der Waals surface area contributed by atoms with Crippen LogP contribution in [-0.4, -0.2) is 47.6 Å². The van der Waals surface area contributed by atoms with E-state index in [1.165, 1.54) is 0 Å². The summed E-state index contributed by atoms with van der Waals surface area (Å²) in [5, 5.41) is 4.57. The zero-order valence-corrected chi connectivity index (χ0v) is 16.5. The molecule has 1 fully saturated rings. The minimum absolute atomic E-state index is 0.0417. The second kappa shape index (κ2) is 6.87. The van der Waals surface area contributed by atoms with Crippen LogP contribution in [0, 0.1) is 20.8 Å². The first-order valence-electron chi connectivity index (χ1n) is 8.75. The summed E-state index contributed by atoms with van der Waals surface area (Å²) >= 11 is 0. The van der Waals surface area contributed by atoms with Crippen LogP contribution in [0.5, 0.6) is 0 Å². The van der Waals surface area contributed by atoms with Crippen molar-refractivity contribution in [2.75, 3.05) is 18.6 Å². The van der Waals surface area contributed by atoms with Gasteiger partial charge in [0.05, 0.1) is 23.2 Å². The van der Waals surface area contributed by atoms with E-state index in [0.717, 1.165) is 22.5 Å². The van der Waals surface area contributed by atoms with E-state index in [9.17, 15) is 13.2 Å². The summed E-state index contributed by atoms with van der Waals surface area (Å²) in [5.74, 6) is 0.323. The van der Waals surface area contributed by atoms with E-state index < -0.39 is 9.84 Å². The fourth-order valence-electron chi connectivity index (χ4n) is 3.48. The van der Waals surface area contributed by atoms with E-state index in [1.54, 1.807) is 11.9 Å². The summed E-state index contributed by atoms with van der Waals surface area (Å²) in [6.07, 6.45) is 0.599. The Morgan fingerprint density at radius 3 is 2.46 bits per heavy atom. The average molecular weight is 375 g/mol. The van der Waals surface area contributed by atoms with Crippen LogP contribution in [0.3, 0.4) is 0 Å². The maximum Gasteiger partial charge on any atom is 0.253 e. The molecule has 3 rings (SSSR count). The van der Waals surface area contributed by atoms with Gasteiger partial charge in [0.25, 0.3) is 5.91 Å². The van der Waals surface area contributed by atoms with E-state index in [4.69, 9.17) is 0 Å². The third kappa shape index (κ3) is 3.67. The van der Waals surface area contributed by atoms with Gasteiger partial charge in [-0.3, -0.25) is 9.48 Å². The van der Waals surface area contributed by atoms with Gasteiger partial charge in [-0.25, -0.2) is 8.42 Å². The molecule has 2 aromatic rings. The Morgan fingerprint density at radius 2 is 1.88 bits per heavy atom. The second-order valence-electron chi connectivity index (χ2n) is 7.18. The number of carbonyl (C=O) groups is 1. The first kappa shape index (κ1) is 18.6. The van der Waals surface area contributed by atoms with Crippen molar-refractivity contribution in [1.29, 1.82) is 0 Å². The highest BCUT2D eigenvalue weighted by Gasteiger charge is 2.31. The molecule has 1 aliphatic rings. The normalized spacial score (nSPS) is 18.8. The summed E-state index contributed by atoms with van der Waals surface area (Å²) in [6, 6.07) is 7.42. The van der Waals surface area contributed by atoms with Crippen molar-refractivity contribution in [1.82, 2.24) is 14.7 Å². The van der Waals surface area contributed by atoms with Crippen LogP contribution in [0.25, 0.3) is 0 Å². The van der Waals surface area contributed by atoms with Crippen LogP contribution >= 0.6 is 0 Å². The third-order valence-corrected chi connectivity index (χ3v) is 6.82. The molecule has 0 unspecified atom stereocenters. The molecule has 1 aromatic heterocycles. The number of benzene rings is 1. The molecule has 0 aliphatic carbocycles. The molecular weight excluding hydrogens is 350 g/mol. The van der Waals surface area contributed by atoms with Crippen molar-refractivity contribution >= 4 is 15.7 Å². The van der Waals surface area contributed by atoms with Gasteiger partial charge < -0.3 is 4.90 Å². The number of carbonyl (C=O) groups excluding carboxylic acids is 1. The van der Waals surface area contributed by atoms with Crippen molar-refractivity contribution < 1.29 is 13.2 Å². The highest BCUT2D eigenvalue weighted by atomic mass is 32.2. The summed E-state index contributed by atoms with van der Waals surface area (Å²) in [4.78, 5) is 14.3. The lowest BCUT2D eigenvalue weighted by atomic mass is 10.1. The minimum Gasteiger partial charge on any atom is -0.337 e. The topological polar surface area (TPSA) is 72.3 Å². The molecule has 140 valence electrons. The van der Waals surface area contributed by atoms with Gasteiger partial charge in [-0.15, -0.1) is 0 Å². The maximum absolute atomic E-state index is 12.7. The molecular formula is C19H25N3O3S. The lowest BCUT2D eigenvalue weighted by Gasteiger charge is -2.18. The monoisotopic (exact) mass is 375 g/mol. The standard InChI is InChI=1S/C19H25N3O3S/c1-13-5-7-16(8-6-13)19(23)21(4)11-18-14(2)20-22(15(18)3)17-9-10-26(24,25)12-17/h5-8,17H,9-12H2,1-4H3/t17-/m0/s1. The van der Waals surface area contributed by atoms with E-state index in [0.29, 0.717) is 18.5 Å². The Bertz CT molecular complexity index is 930. The van der Waals surface area contributed by atoms with E-state index in [1.807, 2.05) is 49.7 Å². The maximum atomic E-state index is 12.7. The Kier molecular flexibility index (Phi) is 4.92. The smallest absolute Gasteiger partial charge is 0.253 e. The molecule has 0 saturated carbocycles. The number of aryl methyl sites for hydroxylation is 2. The quantitative estimate of drug-likeness (QED) is 0.823. The highest BCUT2D eigenvalue weighted by molar-refractivity contribution is 7.91. The Morgan fingerprint density at radius 1 is 1.23 bits per heavy atom. The largest absolute Gasteiger partial charge is 0.337 e. The first-order chi connectivity index (χ1) is 12.2. The average Bonchev–Trinajstić information content (AvgIpc) is 3.08. The third-order valence-electron chi connectivity index (χ3n) is 5.07. The second-order valence-corrected chi connectivity index (χ2v) is 9.41. The summed E-state index contributed by atoms with van der Waals surface area (Å²) in [6.45, 7) is 6.29. The minimum atomic E-state index is -2.97. The summed E-state index contributed by atoms with van der Waals surface area (Å²) < 4.78 is 25.4. The molecule has 26 heavy (non-hydrogen) atoms. The van der Waals surface area contributed by atoms with Crippen molar-refractivity contribution in [3.63, 3.8) is 0 Å². The van der Waals surface area contributed by atoms with Crippen LogP contribution in [0.2, 0.25) is 0 Å². The number of aromatic nitrogens is 2. The number of hydrogen-bond donors (Lipinski definition) is 0. The number of rotatable bonds is 4. The van der Waals surface area contributed by atoms with Crippen LogP contribution in [-0.2, 0) is 16.4 Å². The van der Waals surface area contributed by atoms with E-state index >= 15 is 0 Å². The molecule has 0 bridgehead atoms. The lowest BCUT2D eigenvalue weighted by Crippen LogP contribution is -2.26. The van der Waals surface area contributed by atoms with Crippen LogP contribution in [0.1, 0.15) is 45.3 Å². The number of nitrogens with zero attached hydrogens (tertiary/aromatic N) is 3. The highest BCUT2D eigenvalue weighted by Crippen LogP contribution is 2.27. The Labute approximate surface area is 154 Å². The van der Waals surface area contributed by atoms with Gasteiger partial charge in [-0.2, -0.15) is 5.10 Å². The SMILES string of the molecule is Cc1ccc(C(=O)N(C)Cc2c(C)nn([C@H]3CCS(=O)(=O)C3)c2C)cc1. The number of sulfone groups is 1. The number of amides is 1. The van der Waals surface area contributed by atoms with Gasteiger partial charge in [0.2, 0.25) is 0 Å². The van der Waals surface area contributed by atoms with Gasteiger partial charge in [0.15, 0.2) is 9.84 Å². The van der Waals surface area contributed by atoms with Crippen molar-refractivity contribution in [3.8, 4) is 0 Å². The van der Waals surface area contributed by atoms with Gasteiger partial charge in [0, 0.05) is 30.4 Å². The zero-order valence-electron chi connectivity index (χ0n) is 15.7. The van der Waals surface area contributed by atoms with Crippen molar-refractivity contribution in [2.45, 2.75) is 39.8 Å². The molecule has 1 atom stereocenters. The molecule has 1 amide bonds. The van der Waals surface area contributed by atoms with Crippen molar-refractivity contribution in [3.05, 3.63) is 52.3 Å². The fourth-order valence-corrected chi connectivity index (χ4v) is 5.17. The number of hydrogen-bond acceptors (Lipinski definition) is 4. The van der Waals surface area contributed by atoms with E-state index in [-0.39, 0.29) is 23.5 Å². The van der Waals surface area contributed by atoms with Crippen LogP contribution in [0.15, 0.2) is 24.3 Å². The Balaban J connectivity index is 1.79. The van der Waals surface area contributed by atoms with Crippen LogP contribution < -0.4 is 0 Å². The predicted molar refractivity (Wildman–Crippen MR) is 101 cm³/mol. The predicted octanol–water partition coefficient (Wildman–Crippen LogP) is 2.44. The van der Waals surface area contributed by atoms with Crippen LogP contribution in [0.4, 0.5) is 0 Å². The van der Waals surface area contributed by atoms with E-state index in [2.05, 4.69) is 5.10 Å². The molecule has 6 nitrogen and oxygen atoms in total. The Hall–Kier alpha value is -2.15. The summed E-state index contributed by atoms with van der Waals surface area (Å²) in [5.41, 5.74) is 4.53. The molecule has 2 heterocycles. The summed E-state index contributed by atoms with van der Waals surface area (Å²) in [7, 11) is -1.19. The lowest BCUT2D eigenvalue weighted by molar-refractivity contribution is 0.0784. The molecule has 1 aliphatic heterocycles. The molecule has 7 heteroatoms. The van der Waals surface area contributed by atoms with Gasteiger partial charge >= 0.3 is 0 Å². The zero-order chi connectivity index (χ0) is 19.1. The molecule has 0 spiro atoms. The van der Waals surface area contributed by atoms with Gasteiger partial charge in [0.1, 0.15) is 0 Å².